The molecule has 0 radical (unpaired) electrons. The Labute approximate surface area is 214 Å². The molecule has 1 heterocycles. The van der Waals surface area contributed by atoms with E-state index in [0.29, 0.717) is 34.5 Å². The van der Waals surface area contributed by atoms with E-state index in [0.717, 1.165) is 37.7 Å². The summed E-state index contributed by atoms with van der Waals surface area (Å²) in [5, 5.41) is 1.00. The summed E-state index contributed by atoms with van der Waals surface area (Å²) < 4.78 is 7.57. The van der Waals surface area contributed by atoms with Crippen molar-refractivity contribution in [2.75, 3.05) is 11.4 Å². The quantitative estimate of drug-likeness (QED) is 0.268. The van der Waals surface area contributed by atoms with E-state index in [9.17, 15) is 4.79 Å². The topological polar surface area (TPSA) is 29.5 Å². The van der Waals surface area contributed by atoms with Gasteiger partial charge in [-0.05, 0) is 85.8 Å². The van der Waals surface area contributed by atoms with Crippen molar-refractivity contribution in [3.63, 3.8) is 0 Å². The average molecular weight is 596 g/mol. The summed E-state index contributed by atoms with van der Waals surface area (Å²) in [5.41, 5.74) is 4.41. The second-order valence-electron chi connectivity index (χ2n) is 7.38. The second-order valence-corrected chi connectivity index (χ2v) is 9.91. The van der Waals surface area contributed by atoms with Crippen LogP contribution in [0.1, 0.15) is 30.0 Å². The molecule has 3 aromatic rings. The first-order valence-corrected chi connectivity index (χ1v) is 12.4. The number of ether oxygens (including phenoxy) is 1. The predicted molar refractivity (Wildman–Crippen MR) is 140 cm³/mol. The highest BCUT2D eigenvalue weighted by molar-refractivity contribution is 9.11. The number of hydrogen-bond acceptors (Lipinski definition) is 2. The predicted octanol–water partition coefficient (Wildman–Crippen LogP) is 8.39. The Balaban J connectivity index is 1.61. The molecule has 3 aromatic carbocycles. The van der Waals surface area contributed by atoms with E-state index < -0.39 is 0 Å². The van der Waals surface area contributed by atoms with Gasteiger partial charge >= 0.3 is 0 Å². The molecule has 164 valence electrons. The van der Waals surface area contributed by atoms with Crippen molar-refractivity contribution < 1.29 is 9.53 Å². The second kappa shape index (κ2) is 10.0. The summed E-state index contributed by atoms with van der Waals surface area (Å²) in [5.74, 6) is 0.698. The van der Waals surface area contributed by atoms with Crippen LogP contribution in [0, 0.1) is 0 Å². The summed E-state index contributed by atoms with van der Waals surface area (Å²) in [4.78, 5) is 14.9. The number of carbonyl (C=O) groups excluding carboxylic acids is 1. The Morgan fingerprint density at radius 1 is 1.00 bits per heavy atom. The van der Waals surface area contributed by atoms with Gasteiger partial charge in [0, 0.05) is 17.7 Å². The Kier molecular flexibility index (Phi) is 7.30. The number of benzene rings is 3. The highest BCUT2D eigenvalue weighted by atomic mass is 79.9. The number of nitrogens with zero attached hydrogens (tertiary/aromatic N) is 1. The fourth-order valence-corrected chi connectivity index (χ4v) is 5.42. The smallest absolute Gasteiger partial charge is 0.258 e. The van der Waals surface area contributed by atoms with Crippen LogP contribution in [-0.4, -0.2) is 12.5 Å². The molecule has 0 aromatic heterocycles. The van der Waals surface area contributed by atoms with Gasteiger partial charge in [-0.3, -0.25) is 4.79 Å². The fraction of sp³-hybridized carbons (Fsp3) is 0.160. The standard InChI is InChI=1S/C25H19Br2Cl2NO2/c1-2-9-30-23-6-4-3-5-17(23)18(25(30)31)10-16-11-19(26)24(20(27)12-16)32-14-15-7-8-21(28)22(29)13-15/h3-8,10-13H,2,9,14H2,1H3/b18-10-. The van der Waals surface area contributed by atoms with E-state index in [4.69, 9.17) is 27.9 Å². The normalized spacial score (nSPS) is 14.2. The number of carbonyl (C=O) groups is 1. The largest absolute Gasteiger partial charge is 0.487 e. The summed E-state index contributed by atoms with van der Waals surface area (Å²) in [6.45, 7) is 3.11. The highest BCUT2D eigenvalue weighted by Gasteiger charge is 2.31. The maximum Gasteiger partial charge on any atom is 0.258 e. The third-order valence-corrected chi connectivity index (χ3v) is 7.02. The van der Waals surface area contributed by atoms with Crippen LogP contribution in [0.5, 0.6) is 5.75 Å². The Bertz CT molecular complexity index is 1200. The van der Waals surface area contributed by atoms with E-state index in [1.807, 2.05) is 53.4 Å². The molecular weight excluding hydrogens is 577 g/mol. The van der Waals surface area contributed by atoms with Crippen molar-refractivity contribution in [1.82, 2.24) is 0 Å². The Morgan fingerprint density at radius 3 is 2.41 bits per heavy atom. The minimum Gasteiger partial charge on any atom is -0.487 e. The Hall–Kier alpha value is -1.79. The number of halogens is 4. The molecule has 0 saturated heterocycles. The molecule has 3 nitrogen and oxygen atoms in total. The minimum atomic E-state index is 0.0280. The molecule has 4 rings (SSSR count). The number of para-hydroxylation sites is 1. The molecule has 0 saturated carbocycles. The zero-order chi connectivity index (χ0) is 22.8. The van der Waals surface area contributed by atoms with Crippen LogP contribution in [0.2, 0.25) is 10.0 Å². The molecule has 0 fully saturated rings. The van der Waals surface area contributed by atoms with Gasteiger partial charge in [0.2, 0.25) is 0 Å². The lowest BCUT2D eigenvalue weighted by atomic mass is 10.0. The first kappa shape index (κ1) is 23.4. The van der Waals surface area contributed by atoms with Crippen LogP contribution in [0.25, 0.3) is 11.6 Å². The van der Waals surface area contributed by atoms with Crippen molar-refractivity contribution in [2.24, 2.45) is 0 Å². The molecule has 0 N–H and O–H groups in total. The molecule has 1 aliphatic heterocycles. The van der Waals surface area contributed by atoms with Crippen molar-refractivity contribution >= 4 is 78.3 Å². The molecule has 0 spiro atoms. The first-order valence-electron chi connectivity index (χ1n) is 10.1. The lowest BCUT2D eigenvalue weighted by molar-refractivity contribution is -0.113. The third kappa shape index (κ3) is 4.76. The minimum absolute atomic E-state index is 0.0280. The van der Waals surface area contributed by atoms with Gasteiger partial charge in [0.15, 0.2) is 0 Å². The maximum absolute atomic E-state index is 13.1. The molecule has 0 bridgehead atoms. The third-order valence-electron chi connectivity index (χ3n) is 5.11. The molecular formula is C25H19Br2Cl2NO2. The zero-order valence-corrected chi connectivity index (χ0v) is 21.9. The molecule has 1 amide bonds. The molecule has 1 aliphatic rings. The summed E-state index contributed by atoms with van der Waals surface area (Å²) >= 11 is 19.3. The van der Waals surface area contributed by atoms with Gasteiger partial charge in [-0.2, -0.15) is 0 Å². The van der Waals surface area contributed by atoms with Gasteiger partial charge in [-0.25, -0.2) is 0 Å². The number of fused-ring (bicyclic) bond motifs is 1. The van der Waals surface area contributed by atoms with Crippen LogP contribution >= 0.6 is 55.1 Å². The Morgan fingerprint density at radius 2 is 1.72 bits per heavy atom. The van der Waals surface area contributed by atoms with Gasteiger partial charge in [-0.15, -0.1) is 0 Å². The first-order chi connectivity index (χ1) is 15.4. The van der Waals surface area contributed by atoms with Crippen molar-refractivity contribution in [3.8, 4) is 5.75 Å². The fourth-order valence-electron chi connectivity index (χ4n) is 3.64. The maximum atomic E-state index is 13.1. The molecule has 7 heteroatoms. The van der Waals surface area contributed by atoms with Crippen molar-refractivity contribution in [1.29, 1.82) is 0 Å². The summed E-state index contributed by atoms with van der Waals surface area (Å²) in [6.07, 6.45) is 2.82. The van der Waals surface area contributed by atoms with Gasteiger partial charge in [0.05, 0.1) is 24.7 Å². The van der Waals surface area contributed by atoms with Crippen LogP contribution in [0.15, 0.2) is 63.5 Å². The lowest BCUT2D eigenvalue weighted by Gasteiger charge is -2.15. The molecule has 0 aliphatic carbocycles. The molecule has 32 heavy (non-hydrogen) atoms. The summed E-state index contributed by atoms with van der Waals surface area (Å²) in [6, 6.07) is 17.2. The van der Waals surface area contributed by atoms with Crippen LogP contribution in [-0.2, 0) is 11.4 Å². The number of hydrogen-bond donors (Lipinski definition) is 0. The van der Waals surface area contributed by atoms with Gasteiger partial charge in [-0.1, -0.05) is 54.4 Å². The highest BCUT2D eigenvalue weighted by Crippen LogP contribution is 2.40. The number of anilines is 1. The average Bonchev–Trinajstić information content (AvgIpc) is 3.02. The van der Waals surface area contributed by atoms with E-state index in [1.165, 1.54) is 0 Å². The van der Waals surface area contributed by atoms with Gasteiger partial charge < -0.3 is 9.64 Å². The number of amides is 1. The van der Waals surface area contributed by atoms with E-state index in [1.54, 1.807) is 12.1 Å². The van der Waals surface area contributed by atoms with Crippen LogP contribution in [0.3, 0.4) is 0 Å². The lowest BCUT2D eigenvalue weighted by Crippen LogP contribution is -2.26. The number of rotatable bonds is 6. The SMILES string of the molecule is CCCN1C(=O)/C(=C\c2cc(Br)c(OCc3ccc(Cl)c(Cl)c3)c(Br)c2)c2ccccc21. The van der Waals surface area contributed by atoms with E-state index in [2.05, 4.69) is 38.8 Å². The van der Waals surface area contributed by atoms with Crippen LogP contribution < -0.4 is 9.64 Å². The van der Waals surface area contributed by atoms with Gasteiger partial charge in [0.1, 0.15) is 12.4 Å². The van der Waals surface area contributed by atoms with Crippen molar-refractivity contribution in [3.05, 3.63) is 90.3 Å². The van der Waals surface area contributed by atoms with Crippen molar-refractivity contribution in [2.45, 2.75) is 20.0 Å². The molecule has 0 atom stereocenters. The van der Waals surface area contributed by atoms with E-state index >= 15 is 0 Å². The molecule has 0 unspecified atom stereocenters. The zero-order valence-electron chi connectivity index (χ0n) is 17.2. The van der Waals surface area contributed by atoms with Crippen LogP contribution in [0.4, 0.5) is 5.69 Å². The van der Waals surface area contributed by atoms with Gasteiger partial charge in [0.25, 0.3) is 5.91 Å². The monoisotopic (exact) mass is 593 g/mol. The van der Waals surface area contributed by atoms with E-state index in [-0.39, 0.29) is 5.91 Å². The summed E-state index contributed by atoms with van der Waals surface area (Å²) in [7, 11) is 0.